The summed E-state index contributed by atoms with van der Waals surface area (Å²) in [6.45, 7) is 3.61. The lowest BCUT2D eigenvalue weighted by Gasteiger charge is -2.48. The van der Waals surface area contributed by atoms with Crippen molar-refractivity contribution >= 4 is 6.03 Å². The smallest absolute Gasteiger partial charge is 0.317 e. The number of carbonyl (C=O) groups excluding carboxylic acids is 1. The molecule has 6 nitrogen and oxygen atoms in total. The van der Waals surface area contributed by atoms with E-state index in [2.05, 4.69) is 20.2 Å². The Morgan fingerprint density at radius 2 is 1.88 bits per heavy atom. The molecule has 1 saturated heterocycles. The maximum absolute atomic E-state index is 12.6. The molecule has 1 aromatic rings. The third kappa shape index (κ3) is 4.69. The van der Waals surface area contributed by atoms with Gasteiger partial charge in [0.15, 0.2) is 0 Å². The Hall–Kier alpha value is -1.69. The first-order chi connectivity index (χ1) is 12.2. The molecule has 25 heavy (non-hydrogen) atoms. The predicted molar refractivity (Wildman–Crippen MR) is 98.1 cm³/mol. The Balaban J connectivity index is 1.57. The molecule has 0 spiro atoms. The zero-order valence-corrected chi connectivity index (χ0v) is 15.4. The number of hydrogen-bond donors (Lipinski definition) is 1. The van der Waals surface area contributed by atoms with Crippen molar-refractivity contribution in [1.29, 1.82) is 0 Å². The van der Waals surface area contributed by atoms with Gasteiger partial charge in [-0.05, 0) is 38.8 Å². The average Bonchev–Trinajstić information content (AvgIpc) is 2.68. The predicted octanol–water partition coefficient (Wildman–Crippen LogP) is 2.81. The van der Waals surface area contributed by atoms with Crippen LogP contribution in [0.15, 0.2) is 18.6 Å². The number of hydrogen-bond acceptors (Lipinski definition) is 4. The van der Waals surface area contributed by atoms with Crippen molar-refractivity contribution in [2.75, 3.05) is 26.7 Å². The molecule has 1 aliphatic heterocycles. The molecule has 2 amide bonds. The molecule has 138 valence electrons. The molecule has 0 aromatic carbocycles. The third-order valence-electron chi connectivity index (χ3n) is 5.74. The highest BCUT2D eigenvalue weighted by Gasteiger charge is 2.38. The van der Waals surface area contributed by atoms with Crippen molar-refractivity contribution < 1.29 is 4.79 Å². The molecule has 6 heteroatoms. The minimum atomic E-state index is -0.0207. The topological polar surface area (TPSA) is 61.4 Å². The van der Waals surface area contributed by atoms with Gasteiger partial charge in [0.2, 0.25) is 0 Å². The molecule has 2 aliphatic rings. The fourth-order valence-electron chi connectivity index (χ4n) is 4.28. The van der Waals surface area contributed by atoms with Crippen molar-refractivity contribution in [1.82, 2.24) is 25.1 Å². The largest absolute Gasteiger partial charge is 0.336 e. The summed E-state index contributed by atoms with van der Waals surface area (Å²) in [5.41, 5.74) is 0.977. The maximum atomic E-state index is 12.6. The van der Waals surface area contributed by atoms with Gasteiger partial charge in [0.05, 0.1) is 18.4 Å². The average molecular weight is 345 g/mol. The Labute approximate surface area is 151 Å². The van der Waals surface area contributed by atoms with Gasteiger partial charge in [-0.3, -0.25) is 14.9 Å². The maximum Gasteiger partial charge on any atom is 0.317 e. The molecule has 0 bridgehead atoms. The Kier molecular flexibility index (Phi) is 6.24. The van der Waals surface area contributed by atoms with Crippen LogP contribution in [0, 0.1) is 0 Å². The lowest BCUT2D eigenvalue weighted by Crippen LogP contribution is -2.59. The normalized spacial score (nSPS) is 20.8. The summed E-state index contributed by atoms with van der Waals surface area (Å²) in [6.07, 6.45) is 15.3. The number of aromatic nitrogens is 2. The molecule has 3 rings (SSSR count). The third-order valence-corrected chi connectivity index (χ3v) is 5.74. The fourth-order valence-corrected chi connectivity index (χ4v) is 4.28. The molecule has 1 saturated carbocycles. The van der Waals surface area contributed by atoms with Crippen LogP contribution in [0.2, 0.25) is 0 Å². The number of urea groups is 1. The highest BCUT2D eigenvalue weighted by molar-refractivity contribution is 5.73. The summed E-state index contributed by atoms with van der Waals surface area (Å²) in [4.78, 5) is 25.2. The number of carbonyl (C=O) groups is 1. The van der Waals surface area contributed by atoms with E-state index in [0.29, 0.717) is 6.54 Å². The van der Waals surface area contributed by atoms with Crippen molar-refractivity contribution in [3.63, 3.8) is 0 Å². The lowest BCUT2D eigenvalue weighted by atomic mass is 9.79. The summed E-state index contributed by atoms with van der Waals surface area (Å²) in [5, 5.41) is 3.21. The summed E-state index contributed by atoms with van der Waals surface area (Å²) in [7, 11) is 1.82. The van der Waals surface area contributed by atoms with Crippen LogP contribution in [0.5, 0.6) is 0 Å². The number of rotatable bonds is 5. The van der Waals surface area contributed by atoms with Gasteiger partial charge >= 0.3 is 6.03 Å². The first-order valence-corrected chi connectivity index (χ1v) is 9.69. The molecular weight excluding hydrogens is 314 g/mol. The molecular formula is C19H31N5O. The van der Waals surface area contributed by atoms with E-state index in [0.717, 1.165) is 12.2 Å². The van der Waals surface area contributed by atoms with Crippen molar-refractivity contribution in [3.8, 4) is 0 Å². The highest BCUT2D eigenvalue weighted by Crippen LogP contribution is 2.35. The number of nitrogens with zero attached hydrogens (tertiary/aromatic N) is 4. The van der Waals surface area contributed by atoms with E-state index in [-0.39, 0.29) is 11.6 Å². The Bertz CT molecular complexity index is 538. The van der Waals surface area contributed by atoms with Gasteiger partial charge in [-0.25, -0.2) is 4.79 Å². The van der Waals surface area contributed by atoms with Crippen molar-refractivity contribution in [2.45, 2.75) is 63.5 Å². The number of likely N-dealkylation sites (tertiary alicyclic amines) is 1. The quantitative estimate of drug-likeness (QED) is 0.891. The molecule has 1 aromatic heterocycles. The van der Waals surface area contributed by atoms with Crippen LogP contribution >= 0.6 is 0 Å². The Morgan fingerprint density at radius 3 is 2.56 bits per heavy atom. The van der Waals surface area contributed by atoms with Crippen LogP contribution in [-0.2, 0) is 6.54 Å². The monoisotopic (exact) mass is 345 g/mol. The minimum Gasteiger partial charge on any atom is -0.336 e. The van der Waals surface area contributed by atoms with E-state index in [9.17, 15) is 4.79 Å². The van der Waals surface area contributed by atoms with Gasteiger partial charge in [-0.2, -0.15) is 0 Å². The SMILES string of the molecule is CN(Cc1cnccn1)C(=O)NCC1(N2CCCCC2)CCCCC1. The number of nitrogens with one attached hydrogen (secondary N) is 1. The van der Waals surface area contributed by atoms with E-state index in [1.165, 1.54) is 64.5 Å². The van der Waals surface area contributed by atoms with Crippen LogP contribution in [0.25, 0.3) is 0 Å². The second-order valence-electron chi connectivity index (χ2n) is 7.54. The molecule has 2 fully saturated rings. The van der Waals surface area contributed by atoms with Gasteiger partial charge in [0, 0.05) is 31.5 Å². The standard InChI is InChI=1S/C19H31N5O/c1-23(15-17-14-20-10-11-21-17)18(25)22-16-19(8-4-2-5-9-19)24-12-6-3-7-13-24/h10-11,14H,2-9,12-13,15-16H2,1H3,(H,22,25). The summed E-state index contributed by atoms with van der Waals surface area (Å²) in [6, 6.07) is -0.0207. The molecule has 1 N–H and O–H groups in total. The molecule has 1 aliphatic carbocycles. The van der Waals surface area contributed by atoms with Gasteiger partial charge in [-0.1, -0.05) is 25.7 Å². The molecule has 0 unspecified atom stereocenters. The number of amides is 2. The van der Waals surface area contributed by atoms with E-state index >= 15 is 0 Å². The van der Waals surface area contributed by atoms with Crippen LogP contribution in [0.3, 0.4) is 0 Å². The Morgan fingerprint density at radius 1 is 1.16 bits per heavy atom. The fraction of sp³-hybridized carbons (Fsp3) is 0.737. The van der Waals surface area contributed by atoms with Crippen molar-refractivity contribution in [2.24, 2.45) is 0 Å². The van der Waals surface area contributed by atoms with Gasteiger partial charge in [-0.15, -0.1) is 0 Å². The molecule has 0 radical (unpaired) electrons. The van der Waals surface area contributed by atoms with Crippen LogP contribution in [-0.4, -0.2) is 58.0 Å². The van der Waals surface area contributed by atoms with Gasteiger partial charge < -0.3 is 10.2 Å². The molecule has 0 atom stereocenters. The van der Waals surface area contributed by atoms with Crippen LogP contribution in [0.4, 0.5) is 4.79 Å². The number of piperidine rings is 1. The second-order valence-corrected chi connectivity index (χ2v) is 7.54. The lowest BCUT2D eigenvalue weighted by molar-refractivity contribution is 0.0345. The summed E-state index contributed by atoms with van der Waals surface area (Å²) in [5.74, 6) is 0. The first kappa shape index (κ1) is 18.1. The van der Waals surface area contributed by atoms with Gasteiger partial charge in [0.25, 0.3) is 0 Å². The van der Waals surface area contributed by atoms with Crippen LogP contribution in [0.1, 0.15) is 57.1 Å². The highest BCUT2D eigenvalue weighted by atomic mass is 16.2. The van der Waals surface area contributed by atoms with Crippen molar-refractivity contribution in [3.05, 3.63) is 24.3 Å². The van der Waals surface area contributed by atoms with E-state index < -0.39 is 0 Å². The summed E-state index contributed by atoms with van der Waals surface area (Å²) >= 11 is 0. The van der Waals surface area contributed by atoms with E-state index in [4.69, 9.17) is 0 Å². The zero-order valence-electron chi connectivity index (χ0n) is 15.4. The second kappa shape index (κ2) is 8.61. The molecule has 2 heterocycles. The minimum absolute atomic E-state index is 0.0207. The van der Waals surface area contributed by atoms with Crippen LogP contribution < -0.4 is 5.32 Å². The zero-order chi connectivity index (χ0) is 17.5. The first-order valence-electron chi connectivity index (χ1n) is 9.69. The van der Waals surface area contributed by atoms with Gasteiger partial charge in [0.1, 0.15) is 0 Å². The van der Waals surface area contributed by atoms with E-state index in [1.54, 1.807) is 23.5 Å². The summed E-state index contributed by atoms with van der Waals surface area (Å²) < 4.78 is 0. The van der Waals surface area contributed by atoms with E-state index in [1.807, 2.05) is 7.05 Å².